The van der Waals surface area contributed by atoms with Crippen molar-refractivity contribution in [3.63, 3.8) is 0 Å². The van der Waals surface area contributed by atoms with E-state index in [1.165, 1.54) is 14.0 Å². The van der Waals surface area contributed by atoms with Gasteiger partial charge in [-0.3, -0.25) is 4.79 Å². The molecule has 112 valence electrons. The highest BCUT2D eigenvalue weighted by Gasteiger charge is 2.22. The van der Waals surface area contributed by atoms with E-state index < -0.39 is 12.2 Å². The summed E-state index contributed by atoms with van der Waals surface area (Å²) in [6, 6.07) is 4.93. The van der Waals surface area contributed by atoms with E-state index in [9.17, 15) is 15.0 Å². The van der Waals surface area contributed by atoms with Crippen molar-refractivity contribution in [2.24, 2.45) is 0 Å². The molecule has 2 atom stereocenters. The lowest BCUT2D eigenvalue weighted by Crippen LogP contribution is -2.20. The third kappa shape index (κ3) is 4.79. The van der Waals surface area contributed by atoms with Crippen LogP contribution in [0.25, 0.3) is 0 Å². The summed E-state index contributed by atoms with van der Waals surface area (Å²) in [4.78, 5) is 10.8. The molecule has 0 aliphatic rings. The minimum atomic E-state index is -1.12. The largest absolute Gasteiger partial charge is 0.496 e. The molecule has 1 rings (SSSR count). The second kappa shape index (κ2) is 8.26. The fraction of sp³-hybridized carbons (Fsp3) is 0.500. The maximum atomic E-state index is 10.8. The van der Waals surface area contributed by atoms with Crippen molar-refractivity contribution >= 4 is 16.9 Å². The number of rotatable bonds is 7. The van der Waals surface area contributed by atoms with E-state index in [0.29, 0.717) is 22.6 Å². The average Bonchev–Trinajstić information content (AvgIpc) is 2.45. The van der Waals surface area contributed by atoms with Crippen molar-refractivity contribution in [3.05, 3.63) is 29.3 Å². The van der Waals surface area contributed by atoms with Crippen LogP contribution in [0.15, 0.2) is 18.2 Å². The fourth-order valence-electron chi connectivity index (χ4n) is 1.80. The van der Waals surface area contributed by atoms with Gasteiger partial charge in [0.1, 0.15) is 11.9 Å². The number of aliphatic hydroxyl groups excluding tert-OH is 3. The van der Waals surface area contributed by atoms with Gasteiger partial charge in [0, 0.05) is 18.2 Å². The summed E-state index contributed by atoms with van der Waals surface area (Å²) >= 11 is 1.11. The third-order valence-corrected chi connectivity index (χ3v) is 3.73. The van der Waals surface area contributed by atoms with Crippen LogP contribution in [0.2, 0.25) is 0 Å². The van der Waals surface area contributed by atoms with Crippen LogP contribution in [-0.4, -0.2) is 39.4 Å². The first-order valence-electron chi connectivity index (χ1n) is 6.26. The van der Waals surface area contributed by atoms with Crippen molar-refractivity contribution in [2.45, 2.75) is 32.2 Å². The number of aliphatic hydroxyl groups is 3. The second-order valence-corrected chi connectivity index (χ2v) is 5.65. The lowest BCUT2D eigenvalue weighted by Gasteiger charge is -2.20. The van der Waals surface area contributed by atoms with E-state index in [0.717, 1.165) is 11.8 Å². The number of methoxy groups -OCH3 is 1. The second-order valence-electron chi connectivity index (χ2n) is 4.38. The van der Waals surface area contributed by atoms with Gasteiger partial charge in [-0.2, -0.15) is 0 Å². The van der Waals surface area contributed by atoms with Crippen LogP contribution in [0.4, 0.5) is 0 Å². The van der Waals surface area contributed by atoms with Gasteiger partial charge in [0.05, 0.1) is 19.8 Å². The zero-order chi connectivity index (χ0) is 15.1. The predicted octanol–water partition coefficient (Wildman–Crippen LogP) is 1.25. The van der Waals surface area contributed by atoms with Crippen LogP contribution in [0.3, 0.4) is 0 Å². The van der Waals surface area contributed by atoms with Crippen LogP contribution in [0, 0.1) is 0 Å². The standard InChI is InChI=1S/C14H20O5S/c1-9(16)20-6-5-12(17)14(18)11-7-10(8-15)3-4-13(11)19-2/h3-4,7,12,14-15,17-18H,5-6,8H2,1-2H3. The van der Waals surface area contributed by atoms with Gasteiger partial charge >= 0.3 is 0 Å². The monoisotopic (exact) mass is 300 g/mol. The minimum Gasteiger partial charge on any atom is -0.496 e. The zero-order valence-corrected chi connectivity index (χ0v) is 12.4. The first-order valence-corrected chi connectivity index (χ1v) is 7.25. The highest BCUT2D eigenvalue weighted by atomic mass is 32.2. The Labute approximate surface area is 122 Å². The SMILES string of the molecule is COc1ccc(CO)cc1C(O)C(O)CCSC(C)=O. The molecule has 20 heavy (non-hydrogen) atoms. The summed E-state index contributed by atoms with van der Waals surface area (Å²) in [5.74, 6) is 0.892. The molecule has 5 nitrogen and oxygen atoms in total. The molecule has 3 N–H and O–H groups in total. The lowest BCUT2D eigenvalue weighted by molar-refractivity contribution is -0.109. The molecular formula is C14H20O5S. The Morgan fingerprint density at radius 2 is 2.10 bits per heavy atom. The lowest BCUT2D eigenvalue weighted by atomic mass is 9.99. The van der Waals surface area contributed by atoms with Crippen molar-refractivity contribution in [1.82, 2.24) is 0 Å². The predicted molar refractivity (Wildman–Crippen MR) is 77.6 cm³/mol. The van der Waals surface area contributed by atoms with Crippen molar-refractivity contribution in [3.8, 4) is 5.75 Å². The van der Waals surface area contributed by atoms with Crippen molar-refractivity contribution in [1.29, 1.82) is 0 Å². The molecule has 0 amide bonds. The Kier molecular flexibility index (Phi) is 7.01. The number of hydrogen-bond acceptors (Lipinski definition) is 6. The molecule has 0 heterocycles. The van der Waals surface area contributed by atoms with Crippen molar-refractivity contribution < 1.29 is 24.9 Å². The molecule has 0 radical (unpaired) electrons. The van der Waals surface area contributed by atoms with E-state index in [4.69, 9.17) is 9.84 Å². The molecule has 1 aromatic rings. The zero-order valence-electron chi connectivity index (χ0n) is 11.6. The Bertz CT molecular complexity index is 449. The van der Waals surface area contributed by atoms with Gasteiger partial charge in [-0.15, -0.1) is 0 Å². The molecule has 2 unspecified atom stereocenters. The maximum Gasteiger partial charge on any atom is 0.185 e. The van der Waals surface area contributed by atoms with E-state index in [2.05, 4.69) is 0 Å². The molecule has 0 saturated heterocycles. The number of hydrogen-bond donors (Lipinski definition) is 3. The number of ether oxygens (including phenoxy) is 1. The number of benzene rings is 1. The molecule has 0 aliphatic heterocycles. The first-order chi connectivity index (χ1) is 9.49. The molecule has 0 aliphatic carbocycles. The van der Waals surface area contributed by atoms with Crippen molar-refractivity contribution in [2.75, 3.05) is 12.9 Å². The molecule has 6 heteroatoms. The number of carbonyl (C=O) groups is 1. The van der Waals surface area contributed by atoms with E-state index in [1.54, 1.807) is 18.2 Å². The quantitative estimate of drug-likeness (QED) is 0.702. The molecule has 0 spiro atoms. The van der Waals surface area contributed by atoms with Crippen LogP contribution in [0.5, 0.6) is 5.75 Å². The first kappa shape index (κ1) is 17.0. The highest BCUT2D eigenvalue weighted by Crippen LogP contribution is 2.30. The fourth-order valence-corrected chi connectivity index (χ4v) is 2.45. The summed E-state index contributed by atoms with van der Waals surface area (Å²) in [5, 5.41) is 29.3. The van der Waals surface area contributed by atoms with E-state index in [-0.39, 0.29) is 18.1 Å². The number of thioether (sulfide) groups is 1. The smallest absolute Gasteiger partial charge is 0.185 e. The Hall–Kier alpha value is -1.08. The van der Waals surface area contributed by atoms with Gasteiger partial charge in [0.15, 0.2) is 5.12 Å². The Morgan fingerprint density at radius 1 is 1.40 bits per heavy atom. The van der Waals surface area contributed by atoms with Gasteiger partial charge in [0.25, 0.3) is 0 Å². The summed E-state index contributed by atoms with van der Waals surface area (Å²) in [6.07, 6.45) is -1.83. The molecular weight excluding hydrogens is 280 g/mol. The van der Waals surface area contributed by atoms with Gasteiger partial charge in [0.2, 0.25) is 0 Å². The molecule has 1 aromatic carbocycles. The van der Waals surface area contributed by atoms with Gasteiger partial charge in [-0.25, -0.2) is 0 Å². The summed E-state index contributed by atoms with van der Waals surface area (Å²) < 4.78 is 5.15. The number of carbonyl (C=O) groups excluding carboxylic acids is 1. The third-order valence-electron chi connectivity index (χ3n) is 2.88. The highest BCUT2D eigenvalue weighted by molar-refractivity contribution is 8.13. The normalized spacial score (nSPS) is 13.8. The summed E-state index contributed by atoms with van der Waals surface area (Å²) in [7, 11) is 1.47. The molecule has 0 saturated carbocycles. The van der Waals surface area contributed by atoms with Gasteiger partial charge < -0.3 is 20.1 Å². The van der Waals surface area contributed by atoms with E-state index in [1.807, 2.05) is 0 Å². The topological polar surface area (TPSA) is 87.0 Å². The van der Waals surface area contributed by atoms with Crippen LogP contribution in [-0.2, 0) is 11.4 Å². The molecule has 0 aromatic heterocycles. The van der Waals surface area contributed by atoms with Crippen LogP contribution in [0.1, 0.15) is 30.6 Å². The van der Waals surface area contributed by atoms with Crippen LogP contribution >= 0.6 is 11.8 Å². The summed E-state index contributed by atoms with van der Waals surface area (Å²) in [6.45, 7) is 1.31. The average molecular weight is 300 g/mol. The molecule has 0 bridgehead atoms. The minimum absolute atomic E-state index is 0.0217. The Balaban J connectivity index is 2.78. The summed E-state index contributed by atoms with van der Waals surface area (Å²) in [5.41, 5.74) is 1.06. The molecule has 0 fully saturated rings. The van der Waals surface area contributed by atoms with Gasteiger partial charge in [-0.05, 0) is 24.1 Å². The van der Waals surface area contributed by atoms with Crippen LogP contribution < -0.4 is 4.74 Å². The maximum absolute atomic E-state index is 10.8. The van der Waals surface area contributed by atoms with E-state index >= 15 is 0 Å². The van der Waals surface area contributed by atoms with Gasteiger partial charge in [-0.1, -0.05) is 17.8 Å². The Morgan fingerprint density at radius 3 is 2.65 bits per heavy atom.